The Morgan fingerprint density at radius 2 is 2.54 bits per heavy atom. The quantitative estimate of drug-likeness (QED) is 0.738. The van der Waals surface area contributed by atoms with Crippen molar-refractivity contribution in [3.63, 3.8) is 0 Å². The molecular formula is C8H9Cl2NOS. The molecule has 0 aromatic carbocycles. The summed E-state index contributed by atoms with van der Waals surface area (Å²) in [6, 6.07) is 0. The second-order valence-corrected chi connectivity index (χ2v) is 5.00. The van der Waals surface area contributed by atoms with Gasteiger partial charge >= 0.3 is 0 Å². The highest BCUT2D eigenvalue weighted by atomic mass is 35.5. The molecule has 72 valence electrons. The minimum atomic E-state index is 0.0648. The van der Waals surface area contributed by atoms with Crippen molar-refractivity contribution in [1.29, 1.82) is 0 Å². The Labute approximate surface area is 90.8 Å². The number of rotatable bonds is 2. The third kappa shape index (κ3) is 1.99. The molecule has 1 aliphatic rings. The Hall–Kier alpha value is 0.170. The van der Waals surface area contributed by atoms with E-state index in [2.05, 4.69) is 4.98 Å². The predicted molar refractivity (Wildman–Crippen MR) is 54.6 cm³/mol. The van der Waals surface area contributed by atoms with Gasteiger partial charge in [0.05, 0.1) is 6.20 Å². The molecule has 13 heavy (non-hydrogen) atoms. The SMILES string of the molecule is ClCC1CCOC1c1ncc(Cl)s1. The number of thiazole rings is 1. The molecule has 2 heterocycles. The fourth-order valence-corrected chi connectivity index (χ4v) is 2.85. The number of hydrogen-bond acceptors (Lipinski definition) is 3. The van der Waals surface area contributed by atoms with Crippen LogP contribution in [0.25, 0.3) is 0 Å². The molecule has 0 bridgehead atoms. The van der Waals surface area contributed by atoms with Crippen LogP contribution in [0, 0.1) is 5.92 Å². The minimum absolute atomic E-state index is 0.0648. The zero-order valence-corrected chi connectivity index (χ0v) is 9.20. The number of alkyl halides is 1. The normalized spacial score (nSPS) is 28.2. The van der Waals surface area contributed by atoms with Crippen molar-refractivity contribution in [2.24, 2.45) is 5.92 Å². The maximum atomic E-state index is 5.82. The highest BCUT2D eigenvalue weighted by Gasteiger charge is 2.31. The summed E-state index contributed by atoms with van der Waals surface area (Å²) < 4.78 is 6.27. The molecule has 1 aromatic heterocycles. The van der Waals surface area contributed by atoms with Gasteiger partial charge in [-0.2, -0.15) is 0 Å². The van der Waals surface area contributed by atoms with Crippen LogP contribution in [0.5, 0.6) is 0 Å². The summed E-state index contributed by atoms with van der Waals surface area (Å²) in [6.07, 6.45) is 2.75. The van der Waals surface area contributed by atoms with E-state index >= 15 is 0 Å². The molecular weight excluding hydrogens is 229 g/mol. The van der Waals surface area contributed by atoms with E-state index in [1.807, 2.05) is 0 Å². The molecule has 2 unspecified atom stereocenters. The molecule has 0 aliphatic carbocycles. The lowest BCUT2D eigenvalue weighted by atomic mass is 10.1. The molecule has 0 N–H and O–H groups in total. The van der Waals surface area contributed by atoms with Crippen molar-refractivity contribution in [3.05, 3.63) is 15.5 Å². The third-order valence-corrected chi connectivity index (χ3v) is 3.72. The standard InChI is InChI=1S/C8H9Cl2NOS/c9-3-5-1-2-12-7(5)8-11-4-6(10)13-8/h4-5,7H,1-3H2. The van der Waals surface area contributed by atoms with Gasteiger partial charge in [0, 0.05) is 18.4 Å². The first-order valence-electron chi connectivity index (χ1n) is 4.10. The fraction of sp³-hybridized carbons (Fsp3) is 0.625. The van der Waals surface area contributed by atoms with Crippen molar-refractivity contribution >= 4 is 34.5 Å². The monoisotopic (exact) mass is 237 g/mol. The Morgan fingerprint density at radius 3 is 3.15 bits per heavy atom. The average molecular weight is 238 g/mol. The van der Waals surface area contributed by atoms with Gasteiger partial charge in [-0.15, -0.1) is 22.9 Å². The van der Waals surface area contributed by atoms with E-state index in [0.29, 0.717) is 16.1 Å². The van der Waals surface area contributed by atoms with Crippen LogP contribution in [0.1, 0.15) is 17.5 Å². The molecule has 1 saturated heterocycles. The first-order valence-corrected chi connectivity index (χ1v) is 5.83. The largest absolute Gasteiger partial charge is 0.371 e. The summed E-state index contributed by atoms with van der Waals surface area (Å²) in [7, 11) is 0. The fourth-order valence-electron chi connectivity index (χ4n) is 1.46. The highest BCUT2D eigenvalue weighted by molar-refractivity contribution is 7.15. The van der Waals surface area contributed by atoms with Gasteiger partial charge < -0.3 is 4.74 Å². The van der Waals surface area contributed by atoms with Crippen molar-refractivity contribution in [3.8, 4) is 0 Å². The summed E-state index contributed by atoms with van der Waals surface area (Å²) in [5, 5.41) is 0.952. The number of halogens is 2. The van der Waals surface area contributed by atoms with Crippen LogP contribution in [0.4, 0.5) is 0 Å². The molecule has 1 fully saturated rings. The van der Waals surface area contributed by atoms with Crippen molar-refractivity contribution in [2.75, 3.05) is 12.5 Å². The van der Waals surface area contributed by atoms with E-state index in [9.17, 15) is 0 Å². The molecule has 2 rings (SSSR count). The minimum Gasteiger partial charge on any atom is -0.371 e. The molecule has 0 amide bonds. The van der Waals surface area contributed by atoms with Gasteiger partial charge in [0.1, 0.15) is 15.4 Å². The maximum Gasteiger partial charge on any atom is 0.123 e. The zero-order valence-electron chi connectivity index (χ0n) is 6.87. The molecule has 2 atom stereocenters. The number of nitrogens with zero attached hydrogens (tertiary/aromatic N) is 1. The number of hydrogen-bond donors (Lipinski definition) is 0. The van der Waals surface area contributed by atoms with Gasteiger partial charge in [-0.1, -0.05) is 11.6 Å². The van der Waals surface area contributed by atoms with Gasteiger partial charge in [0.15, 0.2) is 0 Å². The number of aromatic nitrogens is 1. The first-order chi connectivity index (χ1) is 6.31. The lowest BCUT2D eigenvalue weighted by molar-refractivity contribution is 0.0949. The molecule has 0 saturated carbocycles. The first kappa shape index (κ1) is 9.71. The second-order valence-electron chi connectivity index (χ2n) is 3.00. The molecule has 2 nitrogen and oxygen atoms in total. The summed E-state index contributed by atoms with van der Waals surface area (Å²) >= 11 is 13.1. The Morgan fingerprint density at radius 1 is 1.69 bits per heavy atom. The van der Waals surface area contributed by atoms with E-state index in [-0.39, 0.29) is 6.10 Å². The lowest BCUT2D eigenvalue weighted by Crippen LogP contribution is -2.08. The van der Waals surface area contributed by atoms with Crippen LogP contribution < -0.4 is 0 Å². The van der Waals surface area contributed by atoms with Gasteiger partial charge in [0.2, 0.25) is 0 Å². The van der Waals surface area contributed by atoms with Crippen molar-refractivity contribution < 1.29 is 4.74 Å². The van der Waals surface area contributed by atoms with Crippen LogP contribution in [0.15, 0.2) is 6.20 Å². The van der Waals surface area contributed by atoms with E-state index in [1.54, 1.807) is 6.20 Å². The lowest BCUT2D eigenvalue weighted by Gasteiger charge is -2.12. The van der Waals surface area contributed by atoms with E-state index < -0.39 is 0 Å². The van der Waals surface area contributed by atoms with E-state index in [4.69, 9.17) is 27.9 Å². The zero-order chi connectivity index (χ0) is 9.26. The van der Waals surface area contributed by atoms with Crippen LogP contribution in [0.3, 0.4) is 0 Å². The molecule has 1 aliphatic heterocycles. The Balaban J connectivity index is 2.15. The molecule has 0 spiro atoms. The second kappa shape index (κ2) is 4.13. The van der Waals surface area contributed by atoms with Gasteiger partial charge in [-0.25, -0.2) is 4.98 Å². The van der Waals surface area contributed by atoms with Crippen molar-refractivity contribution in [2.45, 2.75) is 12.5 Å². The third-order valence-electron chi connectivity index (χ3n) is 2.15. The smallest absolute Gasteiger partial charge is 0.123 e. The maximum absolute atomic E-state index is 5.82. The Bertz CT molecular complexity index is 291. The number of ether oxygens (including phenoxy) is 1. The average Bonchev–Trinajstić information content (AvgIpc) is 2.71. The van der Waals surface area contributed by atoms with Crippen LogP contribution in [0.2, 0.25) is 4.34 Å². The van der Waals surface area contributed by atoms with Gasteiger partial charge in [-0.3, -0.25) is 0 Å². The Kier molecular flexibility index (Phi) is 3.09. The molecule has 1 aromatic rings. The summed E-state index contributed by atoms with van der Waals surface area (Å²) in [4.78, 5) is 4.20. The molecule has 0 radical (unpaired) electrons. The summed E-state index contributed by atoms with van der Waals surface area (Å²) in [5.41, 5.74) is 0. The van der Waals surface area contributed by atoms with Crippen LogP contribution in [-0.2, 0) is 4.74 Å². The topological polar surface area (TPSA) is 22.1 Å². The summed E-state index contributed by atoms with van der Waals surface area (Å²) in [5.74, 6) is 1.02. The van der Waals surface area contributed by atoms with Crippen molar-refractivity contribution in [1.82, 2.24) is 4.98 Å². The predicted octanol–water partition coefficient (Wildman–Crippen LogP) is 3.11. The van der Waals surface area contributed by atoms with E-state index in [0.717, 1.165) is 18.0 Å². The van der Waals surface area contributed by atoms with Gasteiger partial charge in [0.25, 0.3) is 0 Å². The van der Waals surface area contributed by atoms with Gasteiger partial charge in [-0.05, 0) is 6.42 Å². The van der Waals surface area contributed by atoms with E-state index in [1.165, 1.54) is 11.3 Å². The van der Waals surface area contributed by atoms with Crippen LogP contribution in [-0.4, -0.2) is 17.5 Å². The van der Waals surface area contributed by atoms with Crippen LogP contribution >= 0.6 is 34.5 Å². The highest BCUT2D eigenvalue weighted by Crippen LogP contribution is 2.37. The molecule has 5 heteroatoms. The summed E-state index contributed by atoms with van der Waals surface area (Å²) in [6.45, 7) is 0.777.